The molecule has 16 heavy (non-hydrogen) atoms. The monoisotopic (exact) mass is 209 g/mol. The van der Waals surface area contributed by atoms with Gasteiger partial charge < -0.3 is 0 Å². The second kappa shape index (κ2) is 3.60. The van der Waals surface area contributed by atoms with Crippen LogP contribution >= 0.6 is 0 Å². The summed E-state index contributed by atoms with van der Waals surface area (Å²) in [7, 11) is 0. The number of allylic oxidation sites excluding steroid dienone is 2. The Morgan fingerprint density at radius 3 is 2.69 bits per heavy atom. The molecular weight excluding hydrogens is 202 g/mol. The number of nitrogens with zero attached hydrogens (tertiary/aromatic N) is 3. The van der Waals surface area contributed by atoms with Gasteiger partial charge >= 0.3 is 0 Å². The molecule has 0 aromatic carbocycles. The highest BCUT2D eigenvalue weighted by atomic mass is 16.1. The van der Waals surface area contributed by atoms with E-state index in [1.807, 2.05) is 12.1 Å². The van der Waals surface area contributed by atoms with Gasteiger partial charge in [0.05, 0.1) is 0 Å². The quantitative estimate of drug-likeness (QED) is 0.609. The van der Waals surface area contributed by atoms with Crippen molar-refractivity contribution in [1.82, 2.24) is 4.98 Å². The van der Waals surface area contributed by atoms with Gasteiger partial charge in [-0.25, -0.2) is 0 Å². The van der Waals surface area contributed by atoms with Gasteiger partial charge in [-0.2, -0.15) is 10.5 Å². The molecule has 0 aliphatic heterocycles. The summed E-state index contributed by atoms with van der Waals surface area (Å²) in [5.41, 5.74) is 1.64. The molecule has 0 spiro atoms. The highest BCUT2D eigenvalue weighted by molar-refractivity contribution is 6.14. The number of hydrogen-bond donors (Lipinski definition) is 0. The zero-order chi connectivity index (χ0) is 11.7. The summed E-state index contributed by atoms with van der Waals surface area (Å²) in [6.45, 7) is 1.70. The molecule has 1 heterocycles. The van der Waals surface area contributed by atoms with Crippen LogP contribution in [0, 0.1) is 28.6 Å². The highest BCUT2D eigenvalue weighted by Crippen LogP contribution is 2.37. The van der Waals surface area contributed by atoms with Crippen LogP contribution < -0.4 is 0 Å². The molecule has 1 atom stereocenters. The van der Waals surface area contributed by atoms with Gasteiger partial charge in [0.2, 0.25) is 0 Å². The predicted octanol–water partition coefficient (Wildman–Crippen LogP) is 1.71. The van der Waals surface area contributed by atoms with Crippen LogP contribution in [-0.2, 0) is 0 Å². The summed E-state index contributed by atoms with van der Waals surface area (Å²) in [5, 5.41) is 17.7. The molecule has 4 heteroatoms. The standard InChI is InChI=1S/C12H7N3O/c1-7-11(8(4-13)5-14)10-6-15-3-2-9(10)12(7)16/h2-3,6-7H,1H3. The van der Waals surface area contributed by atoms with E-state index in [0.717, 1.165) is 0 Å². The topological polar surface area (TPSA) is 77.5 Å². The van der Waals surface area contributed by atoms with E-state index in [1.165, 1.54) is 12.4 Å². The lowest BCUT2D eigenvalue weighted by molar-refractivity contribution is 0.0965. The molecule has 0 bridgehead atoms. The molecule has 1 aromatic rings. The second-order valence-corrected chi connectivity index (χ2v) is 3.52. The highest BCUT2D eigenvalue weighted by Gasteiger charge is 2.34. The normalized spacial score (nSPS) is 17.6. The molecule has 0 saturated heterocycles. The van der Waals surface area contributed by atoms with E-state index in [0.29, 0.717) is 16.7 Å². The smallest absolute Gasteiger partial charge is 0.170 e. The van der Waals surface area contributed by atoms with Crippen LogP contribution in [0.5, 0.6) is 0 Å². The third kappa shape index (κ3) is 1.21. The molecule has 0 amide bonds. The number of hydrogen-bond acceptors (Lipinski definition) is 4. The molecule has 1 aliphatic carbocycles. The van der Waals surface area contributed by atoms with Crippen LogP contribution in [0.25, 0.3) is 5.57 Å². The van der Waals surface area contributed by atoms with Gasteiger partial charge in [0.25, 0.3) is 0 Å². The van der Waals surface area contributed by atoms with Crippen molar-refractivity contribution in [2.45, 2.75) is 6.92 Å². The van der Waals surface area contributed by atoms with Gasteiger partial charge in [0, 0.05) is 35.0 Å². The number of nitriles is 2. The molecule has 76 valence electrons. The largest absolute Gasteiger partial charge is 0.293 e. The first-order chi connectivity index (χ1) is 7.70. The van der Waals surface area contributed by atoms with Crippen molar-refractivity contribution in [1.29, 1.82) is 10.5 Å². The molecule has 0 radical (unpaired) electrons. The number of pyridine rings is 1. The minimum atomic E-state index is -0.437. The molecular formula is C12H7N3O. The number of ketones is 1. The number of rotatable bonds is 0. The number of Topliss-reactive ketones (excluding diaryl/α,β-unsaturated/α-hetero) is 1. The van der Waals surface area contributed by atoms with Gasteiger partial charge in [-0.1, -0.05) is 6.92 Å². The number of carbonyl (C=O) groups is 1. The van der Waals surface area contributed by atoms with Crippen LogP contribution in [0.4, 0.5) is 0 Å². The van der Waals surface area contributed by atoms with Gasteiger partial charge in [0.15, 0.2) is 5.78 Å². The van der Waals surface area contributed by atoms with Crippen molar-refractivity contribution in [2.75, 3.05) is 0 Å². The summed E-state index contributed by atoms with van der Waals surface area (Å²) in [6.07, 6.45) is 3.06. The van der Waals surface area contributed by atoms with Gasteiger partial charge in [-0.05, 0) is 6.07 Å². The first kappa shape index (κ1) is 10.1. The van der Waals surface area contributed by atoms with Crippen molar-refractivity contribution in [2.24, 2.45) is 5.92 Å². The van der Waals surface area contributed by atoms with E-state index in [9.17, 15) is 4.79 Å². The number of carbonyl (C=O) groups excluding carboxylic acids is 1. The second-order valence-electron chi connectivity index (χ2n) is 3.52. The lowest BCUT2D eigenvalue weighted by Crippen LogP contribution is -2.03. The van der Waals surface area contributed by atoms with Gasteiger partial charge in [-0.3, -0.25) is 9.78 Å². The molecule has 2 rings (SSSR count). The molecule has 0 N–H and O–H groups in total. The van der Waals surface area contributed by atoms with Crippen molar-refractivity contribution in [3.05, 3.63) is 35.2 Å². The predicted molar refractivity (Wildman–Crippen MR) is 55.9 cm³/mol. The third-order valence-electron chi connectivity index (χ3n) is 2.70. The van der Waals surface area contributed by atoms with Gasteiger partial charge in [0.1, 0.15) is 17.7 Å². The Morgan fingerprint density at radius 1 is 1.38 bits per heavy atom. The Labute approximate surface area is 92.5 Å². The average Bonchev–Trinajstić information content (AvgIpc) is 2.57. The van der Waals surface area contributed by atoms with E-state index in [2.05, 4.69) is 4.98 Å². The Kier molecular flexibility index (Phi) is 2.27. The summed E-state index contributed by atoms with van der Waals surface area (Å²) < 4.78 is 0. The Hall–Kier alpha value is -2.46. The lowest BCUT2D eigenvalue weighted by atomic mass is 9.97. The van der Waals surface area contributed by atoms with Crippen LogP contribution in [0.1, 0.15) is 22.8 Å². The van der Waals surface area contributed by atoms with Gasteiger partial charge in [-0.15, -0.1) is 0 Å². The fourth-order valence-electron chi connectivity index (χ4n) is 1.92. The van der Waals surface area contributed by atoms with E-state index >= 15 is 0 Å². The molecule has 1 aliphatic rings. The van der Waals surface area contributed by atoms with Crippen LogP contribution in [0.3, 0.4) is 0 Å². The van der Waals surface area contributed by atoms with Crippen molar-refractivity contribution < 1.29 is 4.79 Å². The summed E-state index contributed by atoms with van der Waals surface area (Å²) in [4.78, 5) is 15.8. The lowest BCUT2D eigenvalue weighted by Gasteiger charge is -2.02. The van der Waals surface area contributed by atoms with Crippen LogP contribution in [-0.4, -0.2) is 10.8 Å². The SMILES string of the molecule is CC1C(=O)c2ccncc2C1=C(C#N)C#N. The average molecular weight is 209 g/mol. The van der Waals surface area contributed by atoms with Crippen molar-refractivity contribution in [3.8, 4) is 12.1 Å². The first-order valence-electron chi connectivity index (χ1n) is 4.73. The number of fused-ring (bicyclic) bond motifs is 1. The Morgan fingerprint density at radius 2 is 2.06 bits per heavy atom. The fourth-order valence-corrected chi connectivity index (χ4v) is 1.92. The molecule has 1 aromatic heterocycles. The Bertz CT molecular complexity index is 571. The summed E-state index contributed by atoms with van der Waals surface area (Å²) >= 11 is 0. The summed E-state index contributed by atoms with van der Waals surface area (Å²) in [6, 6.07) is 5.27. The third-order valence-corrected chi connectivity index (χ3v) is 2.70. The summed E-state index contributed by atoms with van der Waals surface area (Å²) in [5.74, 6) is -0.496. The molecule has 4 nitrogen and oxygen atoms in total. The maximum atomic E-state index is 11.9. The Balaban J connectivity index is 2.78. The number of aromatic nitrogens is 1. The van der Waals surface area contributed by atoms with Crippen LogP contribution in [0.15, 0.2) is 24.0 Å². The van der Waals surface area contributed by atoms with E-state index in [4.69, 9.17) is 10.5 Å². The fraction of sp³-hybridized carbons (Fsp3) is 0.167. The minimum Gasteiger partial charge on any atom is -0.293 e. The maximum absolute atomic E-state index is 11.9. The van der Waals surface area contributed by atoms with Crippen molar-refractivity contribution >= 4 is 11.4 Å². The minimum absolute atomic E-state index is 0.00685. The molecule has 0 saturated carbocycles. The zero-order valence-electron chi connectivity index (χ0n) is 8.56. The first-order valence-corrected chi connectivity index (χ1v) is 4.73. The van der Waals surface area contributed by atoms with E-state index in [1.54, 1.807) is 13.0 Å². The molecule has 1 unspecified atom stereocenters. The molecule has 0 fully saturated rings. The van der Waals surface area contributed by atoms with E-state index in [-0.39, 0.29) is 11.4 Å². The van der Waals surface area contributed by atoms with Crippen LogP contribution in [0.2, 0.25) is 0 Å². The van der Waals surface area contributed by atoms with Crippen molar-refractivity contribution in [3.63, 3.8) is 0 Å². The van der Waals surface area contributed by atoms with E-state index < -0.39 is 5.92 Å². The maximum Gasteiger partial charge on any atom is 0.170 e. The zero-order valence-corrected chi connectivity index (χ0v) is 8.56.